The van der Waals surface area contributed by atoms with Gasteiger partial charge in [0.15, 0.2) is 9.84 Å². The van der Waals surface area contributed by atoms with Crippen LogP contribution in [0.15, 0.2) is 46.4 Å². The summed E-state index contributed by atoms with van der Waals surface area (Å²) in [4.78, 5) is 23.7. The predicted molar refractivity (Wildman–Crippen MR) is 109 cm³/mol. The molecule has 9 heteroatoms. The van der Waals surface area contributed by atoms with Crippen LogP contribution in [0.2, 0.25) is 0 Å². The van der Waals surface area contributed by atoms with Gasteiger partial charge in [-0.25, -0.2) is 13.8 Å². The molecule has 1 unspecified atom stereocenters. The number of fused-ring (bicyclic) bond motifs is 1. The van der Waals surface area contributed by atoms with Gasteiger partial charge in [0.05, 0.1) is 28.0 Å². The molecule has 0 saturated heterocycles. The topological polar surface area (TPSA) is 105 Å². The van der Waals surface area contributed by atoms with E-state index in [2.05, 4.69) is 15.8 Å². The maximum absolute atomic E-state index is 12.0. The van der Waals surface area contributed by atoms with Gasteiger partial charge in [0.1, 0.15) is 0 Å². The quantitative estimate of drug-likeness (QED) is 0.802. The predicted octanol–water partition coefficient (Wildman–Crippen LogP) is 2.80. The average molecular weight is 415 g/mol. The van der Waals surface area contributed by atoms with Crippen LogP contribution in [-0.4, -0.2) is 36.8 Å². The summed E-state index contributed by atoms with van der Waals surface area (Å²) in [6, 6.07) is 10.4. The third-order valence-electron chi connectivity index (χ3n) is 4.66. The molecule has 0 spiro atoms. The van der Waals surface area contributed by atoms with Crippen LogP contribution in [0.4, 0.5) is 10.5 Å². The molecule has 2 aromatic rings. The SMILES string of the molecule is CC1SC(=O)NN=C1c1cc2c(c(-c3ccc(S(C)(=O)=O)cc3)c1)NC(=O)C2. The Morgan fingerprint density at radius 1 is 1.11 bits per heavy atom. The van der Waals surface area contributed by atoms with Gasteiger partial charge in [-0.3, -0.25) is 9.59 Å². The van der Waals surface area contributed by atoms with E-state index >= 15 is 0 Å². The van der Waals surface area contributed by atoms with Crippen LogP contribution in [0.25, 0.3) is 11.1 Å². The minimum absolute atomic E-state index is 0.0949. The fraction of sp³-hybridized carbons (Fsp3) is 0.211. The molecule has 2 N–H and O–H groups in total. The molecule has 0 radical (unpaired) electrons. The second kappa shape index (κ2) is 6.75. The van der Waals surface area contributed by atoms with Crippen LogP contribution >= 0.6 is 11.8 Å². The Kier molecular flexibility index (Phi) is 4.51. The Hall–Kier alpha value is -2.65. The van der Waals surface area contributed by atoms with Crippen molar-refractivity contribution in [2.75, 3.05) is 11.6 Å². The van der Waals surface area contributed by atoms with Crippen molar-refractivity contribution in [3.05, 3.63) is 47.5 Å². The molecule has 2 aromatic carbocycles. The first-order valence-electron chi connectivity index (χ1n) is 8.54. The summed E-state index contributed by atoms with van der Waals surface area (Å²) in [7, 11) is -3.29. The van der Waals surface area contributed by atoms with Crippen LogP contribution < -0.4 is 10.7 Å². The molecule has 144 valence electrons. The summed E-state index contributed by atoms with van der Waals surface area (Å²) in [5, 5.41) is 6.75. The normalized spacial score (nSPS) is 18.9. The number of benzene rings is 2. The van der Waals surface area contributed by atoms with Gasteiger partial charge < -0.3 is 5.32 Å². The van der Waals surface area contributed by atoms with Crippen molar-refractivity contribution in [3.8, 4) is 11.1 Å². The van der Waals surface area contributed by atoms with E-state index in [4.69, 9.17) is 0 Å². The number of carbonyl (C=O) groups excluding carboxylic acids is 2. The molecule has 1 atom stereocenters. The first-order valence-corrected chi connectivity index (χ1v) is 11.3. The van der Waals surface area contributed by atoms with Crippen LogP contribution in [-0.2, 0) is 21.1 Å². The zero-order valence-electron chi connectivity index (χ0n) is 15.1. The lowest BCUT2D eigenvalue weighted by atomic mass is 9.95. The minimum Gasteiger partial charge on any atom is -0.325 e. The van der Waals surface area contributed by atoms with Crippen molar-refractivity contribution in [1.82, 2.24) is 5.43 Å². The molecule has 2 heterocycles. The molecule has 0 aliphatic carbocycles. The molecule has 0 saturated carbocycles. The molecule has 2 aliphatic rings. The summed E-state index contributed by atoms with van der Waals surface area (Å²) >= 11 is 1.15. The third-order valence-corrected chi connectivity index (χ3v) is 6.67. The zero-order valence-corrected chi connectivity index (χ0v) is 16.8. The highest BCUT2D eigenvalue weighted by Crippen LogP contribution is 2.37. The van der Waals surface area contributed by atoms with Gasteiger partial charge in [-0.2, -0.15) is 5.10 Å². The number of hydrazone groups is 1. The largest absolute Gasteiger partial charge is 0.325 e. The van der Waals surface area contributed by atoms with Gasteiger partial charge >= 0.3 is 0 Å². The Labute approximate surface area is 166 Å². The van der Waals surface area contributed by atoms with E-state index < -0.39 is 9.84 Å². The van der Waals surface area contributed by atoms with Crippen molar-refractivity contribution >= 4 is 44.1 Å². The van der Waals surface area contributed by atoms with Gasteiger partial charge in [-0.05, 0) is 47.9 Å². The second-order valence-electron chi connectivity index (χ2n) is 6.74. The lowest BCUT2D eigenvalue weighted by Crippen LogP contribution is -2.29. The number of amides is 2. The van der Waals surface area contributed by atoms with Crippen molar-refractivity contribution in [2.45, 2.75) is 23.5 Å². The molecule has 7 nitrogen and oxygen atoms in total. The van der Waals surface area contributed by atoms with E-state index in [1.807, 2.05) is 19.1 Å². The highest BCUT2D eigenvalue weighted by Gasteiger charge is 2.27. The fourth-order valence-electron chi connectivity index (χ4n) is 3.34. The van der Waals surface area contributed by atoms with E-state index in [0.29, 0.717) is 0 Å². The summed E-state index contributed by atoms with van der Waals surface area (Å²) < 4.78 is 23.4. The van der Waals surface area contributed by atoms with Crippen molar-refractivity contribution < 1.29 is 18.0 Å². The zero-order chi connectivity index (χ0) is 20.1. The van der Waals surface area contributed by atoms with Gasteiger partial charge in [-0.1, -0.05) is 23.9 Å². The maximum Gasteiger partial charge on any atom is 0.299 e. The Morgan fingerprint density at radius 3 is 2.46 bits per heavy atom. The van der Waals surface area contributed by atoms with E-state index in [1.165, 1.54) is 0 Å². The van der Waals surface area contributed by atoms with E-state index in [0.717, 1.165) is 51.7 Å². The number of hydrogen-bond donors (Lipinski definition) is 2. The van der Waals surface area contributed by atoms with E-state index in [-0.39, 0.29) is 27.7 Å². The summed E-state index contributed by atoms with van der Waals surface area (Å²) in [5.41, 5.74) is 7.17. The number of thioether (sulfide) groups is 1. The van der Waals surface area contributed by atoms with E-state index in [9.17, 15) is 18.0 Å². The average Bonchev–Trinajstić information content (AvgIpc) is 3.00. The number of anilines is 1. The van der Waals surface area contributed by atoms with Gasteiger partial charge in [0, 0.05) is 11.8 Å². The molecular formula is C19H17N3O4S2. The number of rotatable bonds is 3. The fourth-order valence-corrected chi connectivity index (χ4v) is 4.69. The highest BCUT2D eigenvalue weighted by atomic mass is 32.2. The van der Waals surface area contributed by atoms with Crippen molar-refractivity contribution in [2.24, 2.45) is 5.10 Å². The first kappa shape index (κ1) is 18.7. The Morgan fingerprint density at radius 2 is 1.82 bits per heavy atom. The number of sulfone groups is 1. The van der Waals surface area contributed by atoms with Crippen molar-refractivity contribution in [1.29, 1.82) is 0 Å². The first-order chi connectivity index (χ1) is 13.2. The standard InChI is InChI=1S/C19H17N3O4S2/c1-10-17(21-22-19(24)27-10)12-7-13-9-16(23)20-18(13)15(8-12)11-3-5-14(6-4-11)28(2,25)26/h3-8,10H,9H2,1-2H3,(H,20,23)(H,22,24). The summed E-state index contributed by atoms with van der Waals surface area (Å²) in [6.45, 7) is 1.90. The van der Waals surface area contributed by atoms with Crippen molar-refractivity contribution in [3.63, 3.8) is 0 Å². The number of nitrogens with zero attached hydrogens (tertiary/aromatic N) is 1. The monoisotopic (exact) mass is 415 g/mol. The highest BCUT2D eigenvalue weighted by molar-refractivity contribution is 8.14. The third kappa shape index (κ3) is 3.43. The Balaban J connectivity index is 1.84. The molecular weight excluding hydrogens is 398 g/mol. The number of hydrogen-bond acceptors (Lipinski definition) is 6. The van der Waals surface area contributed by atoms with Gasteiger partial charge in [0.25, 0.3) is 5.24 Å². The minimum atomic E-state index is -3.29. The molecule has 2 amide bonds. The lowest BCUT2D eigenvalue weighted by Gasteiger charge is -2.20. The van der Waals surface area contributed by atoms with Crippen LogP contribution in [0.5, 0.6) is 0 Å². The molecule has 4 rings (SSSR count). The van der Waals surface area contributed by atoms with Gasteiger partial charge in [0.2, 0.25) is 5.91 Å². The number of carbonyl (C=O) groups is 2. The smallest absolute Gasteiger partial charge is 0.299 e. The summed E-state index contributed by atoms with van der Waals surface area (Å²) in [5.74, 6) is -0.0949. The second-order valence-corrected chi connectivity index (χ2v) is 10.1. The summed E-state index contributed by atoms with van der Waals surface area (Å²) in [6.07, 6.45) is 1.42. The molecule has 0 bridgehead atoms. The molecule has 0 aromatic heterocycles. The van der Waals surface area contributed by atoms with Crippen LogP contribution in [0, 0.1) is 0 Å². The number of nitrogens with one attached hydrogen (secondary N) is 2. The van der Waals surface area contributed by atoms with Crippen LogP contribution in [0.1, 0.15) is 18.1 Å². The van der Waals surface area contributed by atoms with Gasteiger partial charge in [-0.15, -0.1) is 0 Å². The lowest BCUT2D eigenvalue weighted by molar-refractivity contribution is -0.115. The molecule has 28 heavy (non-hydrogen) atoms. The Bertz CT molecular complexity index is 1140. The van der Waals surface area contributed by atoms with Crippen LogP contribution in [0.3, 0.4) is 0 Å². The van der Waals surface area contributed by atoms with E-state index in [1.54, 1.807) is 24.3 Å². The molecule has 2 aliphatic heterocycles. The molecule has 0 fully saturated rings. The maximum atomic E-state index is 12.0.